The zero-order valence-corrected chi connectivity index (χ0v) is 16.2. The normalized spacial score (nSPS) is 15.4. The number of anilines is 1. The molecule has 0 unspecified atom stereocenters. The van der Waals surface area contributed by atoms with E-state index in [1.807, 2.05) is 40.9 Å². The minimum Gasteiger partial charge on any atom is -0.493 e. The second-order valence-electron chi connectivity index (χ2n) is 7.41. The van der Waals surface area contributed by atoms with Crippen molar-refractivity contribution in [2.45, 2.75) is 38.1 Å². The first-order valence-electron chi connectivity index (χ1n) is 9.87. The van der Waals surface area contributed by atoms with Gasteiger partial charge >= 0.3 is 0 Å². The van der Waals surface area contributed by atoms with Crippen LogP contribution in [0, 0.1) is 0 Å². The van der Waals surface area contributed by atoms with Crippen LogP contribution in [0.3, 0.4) is 0 Å². The van der Waals surface area contributed by atoms with Crippen LogP contribution < -0.4 is 14.8 Å². The lowest BCUT2D eigenvalue weighted by Gasteiger charge is -2.24. The molecule has 0 amide bonds. The number of hydrogen-bond donors (Lipinski definition) is 1. The molecule has 0 spiro atoms. The number of imidazole rings is 1. The van der Waals surface area contributed by atoms with Crippen molar-refractivity contribution in [1.82, 2.24) is 14.4 Å². The summed E-state index contributed by atoms with van der Waals surface area (Å²) in [7, 11) is 3.32. The van der Waals surface area contributed by atoms with E-state index in [4.69, 9.17) is 19.4 Å². The van der Waals surface area contributed by atoms with Crippen molar-refractivity contribution in [3.05, 3.63) is 36.5 Å². The summed E-state index contributed by atoms with van der Waals surface area (Å²) in [5.74, 6) is 2.29. The van der Waals surface area contributed by atoms with E-state index in [9.17, 15) is 0 Å². The lowest BCUT2D eigenvalue weighted by Crippen LogP contribution is -2.23. The van der Waals surface area contributed by atoms with Crippen molar-refractivity contribution in [1.29, 1.82) is 0 Å². The Bertz CT molecular complexity index is 1160. The summed E-state index contributed by atoms with van der Waals surface area (Å²) < 4.78 is 13.2. The Morgan fingerprint density at radius 1 is 0.964 bits per heavy atom. The van der Waals surface area contributed by atoms with Crippen molar-refractivity contribution >= 4 is 33.4 Å². The molecule has 5 rings (SSSR count). The topological polar surface area (TPSA) is 60.7 Å². The van der Waals surface area contributed by atoms with Gasteiger partial charge in [0.2, 0.25) is 0 Å². The molecule has 28 heavy (non-hydrogen) atoms. The summed E-state index contributed by atoms with van der Waals surface area (Å²) in [6.45, 7) is 0. The lowest BCUT2D eigenvalue weighted by molar-refractivity contribution is 0.356. The maximum Gasteiger partial charge on any atom is 0.167 e. The fourth-order valence-electron chi connectivity index (χ4n) is 4.26. The van der Waals surface area contributed by atoms with E-state index < -0.39 is 0 Å². The van der Waals surface area contributed by atoms with Crippen LogP contribution in [0.25, 0.3) is 27.6 Å². The SMILES string of the molecule is COc1cc2c(NC3CCCCC3)nc3c(nc4ccccn43)c2cc1OC. The molecule has 6 heteroatoms. The second kappa shape index (κ2) is 6.86. The van der Waals surface area contributed by atoms with Gasteiger partial charge in [0.05, 0.1) is 14.2 Å². The van der Waals surface area contributed by atoms with Crippen LogP contribution >= 0.6 is 0 Å². The van der Waals surface area contributed by atoms with Gasteiger partial charge < -0.3 is 14.8 Å². The molecule has 1 fully saturated rings. The van der Waals surface area contributed by atoms with E-state index in [-0.39, 0.29) is 0 Å². The van der Waals surface area contributed by atoms with Crippen molar-refractivity contribution in [3.8, 4) is 11.5 Å². The molecule has 0 saturated heterocycles. The van der Waals surface area contributed by atoms with Gasteiger partial charge in [-0.05, 0) is 37.1 Å². The number of nitrogens with zero attached hydrogens (tertiary/aromatic N) is 3. The molecule has 1 N–H and O–H groups in total. The highest BCUT2D eigenvalue weighted by molar-refractivity contribution is 6.09. The van der Waals surface area contributed by atoms with E-state index in [0.717, 1.165) is 33.4 Å². The predicted molar refractivity (Wildman–Crippen MR) is 112 cm³/mol. The summed E-state index contributed by atoms with van der Waals surface area (Å²) in [6, 6.07) is 10.5. The zero-order chi connectivity index (χ0) is 19.1. The van der Waals surface area contributed by atoms with Gasteiger partial charge in [-0.3, -0.25) is 4.40 Å². The van der Waals surface area contributed by atoms with Gasteiger partial charge in [-0.25, -0.2) is 9.97 Å². The first-order valence-corrected chi connectivity index (χ1v) is 9.87. The van der Waals surface area contributed by atoms with Gasteiger partial charge in [-0.1, -0.05) is 25.3 Å². The van der Waals surface area contributed by atoms with Crippen LogP contribution in [0.1, 0.15) is 32.1 Å². The first kappa shape index (κ1) is 17.1. The Balaban J connectivity index is 1.80. The molecule has 0 aliphatic heterocycles. The summed E-state index contributed by atoms with van der Waals surface area (Å²) in [5, 5.41) is 5.74. The number of nitrogens with one attached hydrogen (secondary N) is 1. The molecule has 0 atom stereocenters. The molecule has 1 aromatic carbocycles. The van der Waals surface area contributed by atoms with E-state index in [2.05, 4.69) is 5.32 Å². The molecule has 0 bridgehead atoms. The molecule has 6 nitrogen and oxygen atoms in total. The number of pyridine rings is 2. The van der Waals surface area contributed by atoms with E-state index >= 15 is 0 Å². The minimum atomic E-state index is 0.453. The Kier molecular flexibility index (Phi) is 4.19. The highest BCUT2D eigenvalue weighted by Crippen LogP contribution is 2.38. The molecular formula is C22H24N4O2. The molecule has 0 radical (unpaired) electrons. The van der Waals surface area contributed by atoms with Gasteiger partial charge in [0.25, 0.3) is 0 Å². The summed E-state index contributed by atoms with van der Waals surface area (Å²) >= 11 is 0. The lowest BCUT2D eigenvalue weighted by atomic mass is 9.95. The maximum atomic E-state index is 5.56. The number of fused-ring (bicyclic) bond motifs is 5. The molecule has 4 aromatic rings. The van der Waals surface area contributed by atoms with E-state index in [0.29, 0.717) is 17.5 Å². The maximum absolute atomic E-state index is 5.56. The predicted octanol–water partition coefficient (Wildman–Crippen LogP) is 4.80. The molecule has 144 valence electrons. The fraction of sp³-hybridized carbons (Fsp3) is 0.364. The standard InChI is InChI=1S/C22H24N4O2/c1-27-17-12-15-16(13-18(17)28-2)21(23-14-8-4-3-5-9-14)25-22-20(15)24-19-10-6-7-11-26(19)22/h6-7,10-14H,3-5,8-9H2,1-2H3,(H,23,25). The van der Waals surface area contributed by atoms with Crippen LogP contribution in [0.2, 0.25) is 0 Å². The second-order valence-corrected chi connectivity index (χ2v) is 7.41. The summed E-state index contributed by atoms with van der Waals surface area (Å²) in [4.78, 5) is 9.85. The van der Waals surface area contributed by atoms with Crippen molar-refractivity contribution in [2.75, 3.05) is 19.5 Å². The monoisotopic (exact) mass is 376 g/mol. The molecular weight excluding hydrogens is 352 g/mol. The Morgan fingerprint density at radius 2 is 1.71 bits per heavy atom. The van der Waals surface area contributed by atoms with E-state index in [1.165, 1.54) is 32.1 Å². The van der Waals surface area contributed by atoms with Crippen LogP contribution in [0.4, 0.5) is 5.82 Å². The van der Waals surface area contributed by atoms with Crippen LogP contribution in [-0.4, -0.2) is 34.6 Å². The zero-order valence-electron chi connectivity index (χ0n) is 16.2. The van der Waals surface area contributed by atoms with Crippen LogP contribution in [0.5, 0.6) is 11.5 Å². The third-order valence-corrected chi connectivity index (χ3v) is 5.70. The highest BCUT2D eigenvalue weighted by atomic mass is 16.5. The molecule has 3 aromatic heterocycles. The van der Waals surface area contributed by atoms with Gasteiger partial charge in [-0.15, -0.1) is 0 Å². The van der Waals surface area contributed by atoms with Crippen molar-refractivity contribution in [2.24, 2.45) is 0 Å². The number of ether oxygens (including phenoxy) is 2. The number of methoxy groups -OCH3 is 2. The summed E-state index contributed by atoms with van der Waals surface area (Å²) in [5.41, 5.74) is 2.61. The van der Waals surface area contributed by atoms with Gasteiger partial charge in [-0.2, -0.15) is 0 Å². The fourth-order valence-corrected chi connectivity index (χ4v) is 4.26. The number of rotatable bonds is 4. The molecule has 1 aliphatic rings. The van der Waals surface area contributed by atoms with Gasteiger partial charge in [0, 0.05) is 23.0 Å². The van der Waals surface area contributed by atoms with Crippen LogP contribution in [0.15, 0.2) is 36.5 Å². The largest absolute Gasteiger partial charge is 0.493 e. The molecule has 3 heterocycles. The third kappa shape index (κ3) is 2.71. The van der Waals surface area contributed by atoms with Crippen molar-refractivity contribution < 1.29 is 9.47 Å². The van der Waals surface area contributed by atoms with Gasteiger partial charge in [0.15, 0.2) is 17.1 Å². The number of hydrogen-bond acceptors (Lipinski definition) is 5. The molecule has 1 saturated carbocycles. The Hall–Kier alpha value is -3.02. The van der Waals surface area contributed by atoms with Crippen molar-refractivity contribution in [3.63, 3.8) is 0 Å². The number of aromatic nitrogens is 3. The number of benzene rings is 1. The minimum absolute atomic E-state index is 0.453. The Labute approximate surface area is 163 Å². The Morgan fingerprint density at radius 3 is 2.46 bits per heavy atom. The highest BCUT2D eigenvalue weighted by Gasteiger charge is 2.20. The average molecular weight is 376 g/mol. The molecule has 1 aliphatic carbocycles. The smallest absolute Gasteiger partial charge is 0.167 e. The average Bonchev–Trinajstić information content (AvgIpc) is 3.12. The van der Waals surface area contributed by atoms with E-state index in [1.54, 1.807) is 14.2 Å². The van der Waals surface area contributed by atoms with Crippen LogP contribution in [-0.2, 0) is 0 Å². The quantitative estimate of drug-likeness (QED) is 0.554. The third-order valence-electron chi connectivity index (χ3n) is 5.70. The first-order chi connectivity index (χ1) is 13.8. The summed E-state index contributed by atoms with van der Waals surface area (Å²) in [6.07, 6.45) is 8.23. The van der Waals surface area contributed by atoms with Gasteiger partial charge in [0.1, 0.15) is 17.0 Å².